The molecule has 0 heterocycles. The number of amides is 2. The van der Waals surface area contributed by atoms with E-state index in [1.165, 1.54) is 0 Å². The van der Waals surface area contributed by atoms with Crippen LogP contribution in [0.5, 0.6) is 5.75 Å². The van der Waals surface area contributed by atoms with Gasteiger partial charge in [-0.05, 0) is 56.2 Å². The number of aryl methyl sites for hydroxylation is 1. The Morgan fingerprint density at radius 2 is 1.78 bits per heavy atom. The summed E-state index contributed by atoms with van der Waals surface area (Å²) >= 11 is 3.46. The van der Waals surface area contributed by atoms with Gasteiger partial charge in [0.1, 0.15) is 5.75 Å². The van der Waals surface area contributed by atoms with E-state index < -0.39 is 5.54 Å². The maximum Gasteiger partial charge on any atom is 0.319 e. The van der Waals surface area contributed by atoms with Crippen molar-refractivity contribution in [3.05, 3.63) is 58.1 Å². The minimum atomic E-state index is -0.502. The number of urea groups is 1. The third kappa shape index (κ3) is 4.48. The first-order valence-corrected chi connectivity index (χ1v) is 8.11. The average molecular weight is 377 g/mol. The molecule has 0 fully saturated rings. The topological polar surface area (TPSA) is 50.4 Å². The molecule has 23 heavy (non-hydrogen) atoms. The number of benzene rings is 2. The van der Waals surface area contributed by atoms with Crippen LogP contribution in [0.3, 0.4) is 0 Å². The summed E-state index contributed by atoms with van der Waals surface area (Å²) < 4.78 is 6.12. The summed E-state index contributed by atoms with van der Waals surface area (Å²) in [5.41, 5.74) is 2.36. The third-order valence-corrected chi connectivity index (χ3v) is 4.52. The van der Waals surface area contributed by atoms with E-state index in [0.717, 1.165) is 27.0 Å². The quantitative estimate of drug-likeness (QED) is 0.803. The van der Waals surface area contributed by atoms with Gasteiger partial charge in [-0.25, -0.2) is 4.79 Å². The number of halogens is 1. The highest BCUT2D eigenvalue weighted by molar-refractivity contribution is 9.10. The molecule has 122 valence electrons. The van der Waals surface area contributed by atoms with E-state index in [0.29, 0.717) is 0 Å². The van der Waals surface area contributed by atoms with Crippen molar-refractivity contribution < 1.29 is 9.53 Å². The molecule has 0 aliphatic heterocycles. The number of rotatable bonds is 4. The minimum Gasteiger partial charge on any atom is -0.497 e. The molecular formula is C18H21BrN2O2. The van der Waals surface area contributed by atoms with Crippen molar-refractivity contribution in [3.63, 3.8) is 0 Å². The predicted molar refractivity (Wildman–Crippen MR) is 97.1 cm³/mol. The molecule has 0 aliphatic rings. The van der Waals surface area contributed by atoms with Crippen LogP contribution in [0.15, 0.2) is 46.9 Å². The van der Waals surface area contributed by atoms with Gasteiger partial charge in [0.2, 0.25) is 0 Å². The molecule has 2 aromatic rings. The summed E-state index contributed by atoms with van der Waals surface area (Å²) in [6.07, 6.45) is 0. The van der Waals surface area contributed by atoms with Gasteiger partial charge in [-0.1, -0.05) is 34.1 Å². The summed E-state index contributed by atoms with van der Waals surface area (Å²) in [7, 11) is 1.63. The van der Waals surface area contributed by atoms with Gasteiger partial charge in [-0.15, -0.1) is 0 Å². The van der Waals surface area contributed by atoms with Crippen LogP contribution in [0.1, 0.15) is 25.0 Å². The first kappa shape index (κ1) is 17.3. The van der Waals surface area contributed by atoms with Gasteiger partial charge in [-0.2, -0.15) is 0 Å². The Balaban J connectivity index is 2.06. The zero-order valence-electron chi connectivity index (χ0n) is 13.7. The van der Waals surface area contributed by atoms with E-state index in [1.807, 2.05) is 63.2 Å². The zero-order valence-corrected chi connectivity index (χ0v) is 15.3. The van der Waals surface area contributed by atoms with Gasteiger partial charge < -0.3 is 15.4 Å². The summed E-state index contributed by atoms with van der Waals surface area (Å²) in [6, 6.07) is 13.1. The largest absolute Gasteiger partial charge is 0.497 e. The average Bonchev–Trinajstić information content (AvgIpc) is 2.50. The number of methoxy groups -OCH3 is 1. The van der Waals surface area contributed by atoms with E-state index in [9.17, 15) is 4.79 Å². The Morgan fingerprint density at radius 3 is 2.35 bits per heavy atom. The second-order valence-electron chi connectivity index (χ2n) is 5.90. The number of nitrogens with one attached hydrogen (secondary N) is 2. The molecular weight excluding hydrogens is 356 g/mol. The van der Waals surface area contributed by atoms with Crippen molar-refractivity contribution in [2.75, 3.05) is 12.4 Å². The predicted octanol–water partition coefficient (Wildman–Crippen LogP) is 4.82. The van der Waals surface area contributed by atoms with Crippen LogP contribution >= 0.6 is 15.9 Å². The fraction of sp³-hybridized carbons (Fsp3) is 0.278. The van der Waals surface area contributed by atoms with Gasteiger partial charge in [0.25, 0.3) is 0 Å². The zero-order chi connectivity index (χ0) is 17.0. The standard InChI is InChI=1S/C18H21BrN2O2/c1-12-5-8-14(11-16(12)19)20-17(22)21-18(2,3)13-6-9-15(23-4)10-7-13/h5-11H,1-4H3,(H2,20,21,22). The van der Waals surface area contributed by atoms with Crippen LogP contribution in [0, 0.1) is 6.92 Å². The number of hydrogen-bond acceptors (Lipinski definition) is 2. The molecule has 0 saturated heterocycles. The lowest BCUT2D eigenvalue weighted by Crippen LogP contribution is -2.43. The van der Waals surface area contributed by atoms with Gasteiger partial charge in [-0.3, -0.25) is 0 Å². The van der Waals surface area contributed by atoms with Gasteiger partial charge >= 0.3 is 6.03 Å². The van der Waals surface area contributed by atoms with Crippen molar-refractivity contribution in [1.29, 1.82) is 0 Å². The van der Waals surface area contributed by atoms with Crippen LogP contribution < -0.4 is 15.4 Å². The molecule has 2 rings (SSSR count). The molecule has 5 heteroatoms. The number of anilines is 1. The van der Waals surface area contributed by atoms with Crippen molar-refractivity contribution in [2.45, 2.75) is 26.3 Å². The molecule has 0 bridgehead atoms. The normalized spacial score (nSPS) is 11.0. The van der Waals surface area contributed by atoms with Gasteiger partial charge in [0.05, 0.1) is 12.6 Å². The highest BCUT2D eigenvalue weighted by Crippen LogP contribution is 2.24. The molecule has 0 spiro atoms. The van der Waals surface area contributed by atoms with E-state index in [4.69, 9.17) is 4.74 Å². The fourth-order valence-electron chi connectivity index (χ4n) is 2.20. The summed E-state index contributed by atoms with van der Waals surface area (Å²) in [5.74, 6) is 0.790. The van der Waals surface area contributed by atoms with Gasteiger partial charge in [0, 0.05) is 10.2 Å². The number of carbonyl (C=O) groups is 1. The Hall–Kier alpha value is -2.01. The first-order valence-electron chi connectivity index (χ1n) is 7.31. The molecule has 4 nitrogen and oxygen atoms in total. The second kappa shape index (κ2) is 7.04. The lowest BCUT2D eigenvalue weighted by molar-refractivity contribution is 0.242. The fourth-order valence-corrected chi connectivity index (χ4v) is 2.58. The Kier molecular flexibility index (Phi) is 5.31. The Morgan fingerprint density at radius 1 is 1.13 bits per heavy atom. The number of carbonyl (C=O) groups excluding carboxylic acids is 1. The van der Waals surface area contributed by atoms with Crippen LogP contribution in [-0.4, -0.2) is 13.1 Å². The molecule has 0 aliphatic carbocycles. The third-order valence-electron chi connectivity index (χ3n) is 3.67. The van der Waals surface area contributed by atoms with E-state index in [1.54, 1.807) is 7.11 Å². The van der Waals surface area contributed by atoms with Crippen molar-refractivity contribution in [3.8, 4) is 5.75 Å². The van der Waals surface area contributed by atoms with Crippen LogP contribution in [0.2, 0.25) is 0 Å². The first-order chi connectivity index (χ1) is 10.8. The molecule has 0 saturated carbocycles. The van der Waals surface area contributed by atoms with Crippen LogP contribution in [-0.2, 0) is 5.54 Å². The lowest BCUT2D eigenvalue weighted by Gasteiger charge is -2.27. The van der Waals surface area contributed by atoms with Crippen molar-refractivity contribution >= 4 is 27.6 Å². The molecule has 0 aromatic heterocycles. The Bertz CT molecular complexity index is 697. The number of ether oxygens (including phenoxy) is 1. The van der Waals surface area contributed by atoms with E-state index in [-0.39, 0.29) is 6.03 Å². The highest BCUT2D eigenvalue weighted by atomic mass is 79.9. The SMILES string of the molecule is COc1ccc(C(C)(C)NC(=O)Nc2ccc(C)c(Br)c2)cc1. The lowest BCUT2D eigenvalue weighted by atomic mass is 9.94. The summed E-state index contributed by atoms with van der Waals surface area (Å²) in [6.45, 7) is 5.92. The van der Waals surface area contributed by atoms with Gasteiger partial charge in [0.15, 0.2) is 0 Å². The summed E-state index contributed by atoms with van der Waals surface area (Å²) in [5, 5.41) is 5.84. The highest BCUT2D eigenvalue weighted by Gasteiger charge is 2.23. The van der Waals surface area contributed by atoms with Crippen LogP contribution in [0.25, 0.3) is 0 Å². The Labute approximate surface area is 145 Å². The van der Waals surface area contributed by atoms with Crippen molar-refractivity contribution in [2.24, 2.45) is 0 Å². The molecule has 0 atom stereocenters. The molecule has 2 N–H and O–H groups in total. The summed E-state index contributed by atoms with van der Waals surface area (Å²) in [4.78, 5) is 12.3. The maximum atomic E-state index is 12.3. The molecule has 2 amide bonds. The smallest absolute Gasteiger partial charge is 0.319 e. The monoisotopic (exact) mass is 376 g/mol. The maximum absolute atomic E-state index is 12.3. The second-order valence-corrected chi connectivity index (χ2v) is 6.75. The number of hydrogen-bond donors (Lipinski definition) is 2. The minimum absolute atomic E-state index is 0.249. The van der Waals surface area contributed by atoms with E-state index in [2.05, 4.69) is 26.6 Å². The molecule has 0 radical (unpaired) electrons. The van der Waals surface area contributed by atoms with Crippen molar-refractivity contribution in [1.82, 2.24) is 5.32 Å². The molecule has 2 aromatic carbocycles. The molecule has 0 unspecified atom stereocenters. The van der Waals surface area contributed by atoms with Crippen LogP contribution in [0.4, 0.5) is 10.5 Å². The van der Waals surface area contributed by atoms with E-state index >= 15 is 0 Å².